The lowest BCUT2D eigenvalue weighted by Gasteiger charge is -2.39. The Hall–Kier alpha value is -3.01. The molecule has 2 aromatic carbocycles. The van der Waals surface area contributed by atoms with Crippen molar-refractivity contribution in [2.75, 3.05) is 39.3 Å². The number of Topliss-reactive ketones (excluding diaryl/α,β-unsaturated/α-hetero) is 1. The molecule has 3 aromatic rings. The number of benzene rings is 2. The summed E-state index contributed by atoms with van der Waals surface area (Å²) in [6, 6.07) is 10.7. The minimum absolute atomic E-state index is 0.0106. The molecule has 9 heteroatoms. The summed E-state index contributed by atoms with van der Waals surface area (Å²) in [4.78, 5) is 20.6. The molecule has 0 radical (unpaired) electrons. The van der Waals surface area contributed by atoms with Crippen LogP contribution in [-0.2, 0) is 12.1 Å². The normalized spacial score (nSPS) is 17.1. The summed E-state index contributed by atoms with van der Waals surface area (Å²) in [7, 11) is 0. The fourth-order valence-corrected chi connectivity index (χ4v) is 4.26. The zero-order chi connectivity index (χ0) is 23.4. The van der Waals surface area contributed by atoms with Crippen molar-refractivity contribution in [2.45, 2.75) is 19.1 Å². The summed E-state index contributed by atoms with van der Waals surface area (Å²) in [6.45, 7) is 4.88. The molecule has 0 bridgehead atoms. The number of aliphatic hydroxyl groups is 1. The van der Waals surface area contributed by atoms with E-state index < -0.39 is 17.2 Å². The van der Waals surface area contributed by atoms with Crippen LogP contribution in [0.2, 0.25) is 0 Å². The third-order valence-electron chi connectivity index (χ3n) is 5.98. The van der Waals surface area contributed by atoms with Crippen LogP contribution >= 0.6 is 0 Å². The minimum atomic E-state index is -1.63. The Morgan fingerprint density at radius 1 is 1.06 bits per heavy atom. The maximum absolute atomic E-state index is 14.6. The van der Waals surface area contributed by atoms with Gasteiger partial charge in [0.1, 0.15) is 29.9 Å². The first kappa shape index (κ1) is 23.2. The molecule has 1 unspecified atom stereocenters. The zero-order valence-electron chi connectivity index (χ0n) is 18.5. The Kier molecular flexibility index (Phi) is 6.92. The van der Waals surface area contributed by atoms with Crippen LogP contribution in [-0.4, -0.2) is 74.7 Å². The summed E-state index contributed by atoms with van der Waals surface area (Å²) in [5.74, 6) is -1.44. The number of aromatic nitrogens is 3. The van der Waals surface area contributed by atoms with Gasteiger partial charge in [-0.3, -0.25) is 14.6 Å². The first-order valence-corrected chi connectivity index (χ1v) is 10.9. The predicted molar refractivity (Wildman–Crippen MR) is 119 cm³/mol. The molecular weight excluding hydrogens is 428 g/mol. The number of piperazine rings is 1. The van der Waals surface area contributed by atoms with E-state index in [0.717, 1.165) is 17.7 Å². The molecule has 0 amide bonds. The van der Waals surface area contributed by atoms with Gasteiger partial charge in [0.2, 0.25) is 0 Å². The second-order valence-electron chi connectivity index (χ2n) is 8.59. The lowest BCUT2D eigenvalue weighted by atomic mass is 9.92. The number of halogens is 2. The van der Waals surface area contributed by atoms with Crippen molar-refractivity contribution in [1.29, 1.82) is 0 Å². The molecule has 7 nitrogen and oxygen atoms in total. The first-order chi connectivity index (χ1) is 15.8. The second kappa shape index (κ2) is 9.86. The average molecular weight is 456 g/mol. The standard InChI is InChI=1S/C24H27F2N5O2/c1-18-3-2-4-19(11-18)23(32)13-29-7-9-30(10-8-29)14-24(33,15-31-17-27-16-28-31)21-6-5-20(25)12-22(21)26/h2-6,11-12,16-17,33H,7-10,13-15H2,1H3. The molecule has 1 aliphatic rings. The minimum Gasteiger partial charge on any atom is -0.382 e. The maximum Gasteiger partial charge on any atom is 0.176 e. The van der Waals surface area contributed by atoms with Gasteiger partial charge in [0.25, 0.3) is 0 Å². The Morgan fingerprint density at radius 3 is 2.48 bits per heavy atom. The number of carbonyl (C=O) groups excluding carboxylic acids is 1. The van der Waals surface area contributed by atoms with E-state index in [0.29, 0.717) is 38.3 Å². The van der Waals surface area contributed by atoms with Gasteiger partial charge in [0, 0.05) is 49.9 Å². The molecule has 0 spiro atoms. The van der Waals surface area contributed by atoms with E-state index in [-0.39, 0.29) is 24.4 Å². The number of ketones is 1. The fraction of sp³-hybridized carbons (Fsp3) is 0.375. The Balaban J connectivity index is 1.42. The zero-order valence-corrected chi connectivity index (χ0v) is 18.5. The van der Waals surface area contributed by atoms with Gasteiger partial charge in [0.05, 0.1) is 13.1 Å². The molecule has 1 saturated heterocycles. The van der Waals surface area contributed by atoms with Crippen molar-refractivity contribution < 1.29 is 18.7 Å². The SMILES string of the molecule is Cc1cccc(C(=O)CN2CCN(CC(O)(Cn3cncn3)c3ccc(F)cc3F)CC2)c1. The second-order valence-corrected chi connectivity index (χ2v) is 8.59. The van der Waals surface area contributed by atoms with Crippen molar-refractivity contribution in [2.24, 2.45) is 0 Å². The van der Waals surface area contributed by atoms with Crippen LogP contribution in [0.25, 0.3) is 0 Å². The number of carbonyl (C=O) groups is 1. The van der Waals surface area contributed by atoms with Gasteiger partial charge in [-0.05, 0) is 19.1 Å². The smallest absolute Gasteiger partial charge is 0.176 e. The fourth-order valence-electron chi connectivity index (χ4n) is 4.26. The number of rotatable bonds is 8. The summed E-state index contributed by atoms with van der Waals surface area (Å²) in [5.41, 5.74) is 0.124. The average Bonchev–Trinajstić information content (AvgIpc) is 3.27. The molecule has 0 saturated carbocycles. The lowest BCUT2D eigenvalue weighted by molar-refractivity contribution is -0.0314. The van der Waals surface area contributed by atoms with Crippen LogP contribution in [0.15, 0.2) is 55.1 Å². The number of hydrogen-bond donors (Lipinski definition) is 1. The van der Waals surface area contributed by atoms with Gasteiger partial charge in [-0.15, -0.1) is 0 Å². The molecule has 1 N–H and O–H groups in total. The number of hydrogen-bond acceptors (Lipinski definition) is 6. The number of nitrogens with zero attached hydrogens (tertiary/aromatic N) is 5. The number of β-amino-alcohol motifs (C(OH)–C–C–N with tert-alkyl or cyclic N) is 1. The molecule has 1 aromatic heterocycles. The molecule has 1 fully saturated rings. The van der Waals surface area contributed by atoms with E-state index in [1.165, 1.54) is 23.4 Å². The van der Waals surface area contributed by atoms with Crippen molar-refractivity contribution >= 4 is 5.78 Å². The van der Waals surface area contributed by atoms with Gasteiger partial charge in [0.15, 0.2) is 5.78 Å². The van der Waals surface area contributed by atoms with Crippen LogP contribution in [0.1, 0.15) is 21.5 Å². The summed E-state index contributed by atoms with van der Waals surface area (Å²) in [6.07, 6.45) is 2.78. The van der Waals surface area contributed by atoms with E-state index in [2.05, 4.69) is 15.0 Å². The van der Waals surface area contributed by atoms with Gasteiger partial charge in [-0.1, -0.05) is 29.8 Å². The van der Waals surface area contributed by atoms with E-state index in [1.807, 2.05) is 36.1 Å². The third kappa shape index (κ3) is 5.68. The third-order valence-corrected chi connectivity index (χ3v) is 5.98. The lowest BCUT2D eigenvalue weighted by Crippen LogP contribution is -2.53. The summed E-state index contributed by atoms with van der Waals surface area (Å²) < 4.78 is 29.5. The Bertz CT molecular complexity index is 1100. The van der Waals surface area contributed by atoms with E-state index >= 15 is 0 Å². The Morgan fingerprint density at radius 2 is 1.82 bits per heavy atom. The predicted octanol–water partition coefficient (Wildman–Crippen LogP) is 2.25. The largest absolute Gasteiger partial charge is 0.382 e. The quantitative estimate of drug-likeness (QED) is 0.526. The van der Waals surface area contributed by atoms with Crippen molar-refractivity contribution in [3.8, 4) is 0 Å². The van der Waals surface area contributed by atoms with Crippen LogP contribution in [0, 0.1) is 18.6 Å². The topological polar surface area (TPSA) is 74.5 Å². The highest BCUT2D eigenvalue weighted by Gasteiger charge is 2.36. The van der Waals surface area contributed by atoms with Crippen molar-refractivity contribution in [1.82, 2.24) is 24.6 Å². The van der Waals surface area contributed by atoms with Crippen LogP contribution in [0.5, 0.6) is 0 Å². The monoisotopic (exact) mass is 455 g/mol. The number of aryl methyl sites for hydroxylation is 1. The van der Waals surface area contributed by atoms with Crippen LogP contribution in [0.3, 0.4) is 0 Å². The van der Waals surface area contributed by atoms with Crippen LogP contribution in [0.4, 0.5) is 8.78 Å². The van der Waals surface area contributed by atoms with Gasteiger partial charge in [-0.25, -0.2) is 18.4 Å². The van der Waals surface area contributed by atoms with Crippen molar-refractivity contribution in [3.63, 3.8) is 0 Å². The highest BCUT2D eigenvalue weighted by Crippen LogP contribution is 2.28. The Labute approximate surface area is 191 Å². The van der Waals surface area contributed by atoms with Gasteiger partial charge in [-0.2, -0.15) is 5.10 Å². The molecule has 0 aliphatic carbocycles. The van der Waals surface area contributed by atoms with E-state index in [9.17, 15) is 18.7 Å². The summed E-state index contributed by atoms with van der Waals surface area (Å²) >= 11 is 0. The molecule has 33 heavy (non-hydrogen) atoms. The van der Waals surface area contributed by atoms with E-state index in [4.69, 9.17) is 0 Å². The summed E-state index contributed by atoms with van der Waals surface area (Å²) in [5, 5.41) is 15.5. The molecule has 2 heterocycles. The van der Waals surface area contributed by atoms with Crippen molar-refractivity contribution in [3.05, 3.63) is 83.4 Å². The molecule has 1 atom stereocenters. The first-order valence-electron chi connectivity index (χ1n) is 10.9. The highest BCUT2D eigenvalue weighted by atomic mass is 19.1. The molecule has 174 valence electrons. The van der Waals surface area contributed by atoms with Gasteiger partial charge < -0.3 is 5.11 Å². The maximum atomic E-state index is 14.6. The molecule has 1 aliphatic heterocycles. The molecular formula is C24H27F2N5O2. The molecule has 4 rings (SSSR count). The van der Waals surface area contributed by atoms with Crippen LogP contribution < -0.4 is 0 Å². The highest BCUT2D eigenvalue weighted by molar-refractivity contribution is 5.97. The van der Waals surface area contributed by atoms with E-state index in [1.54, 1.807) is 0 Å². The van der Waals surface area contributed by atoms with Gasteiger partial charge >= 0.3 is 0 Å².